The van der Waals surface area contributed by atoms with Crippen molar-refractivity contribution in [2.75, 3.05) is 46.4 Å². The molecule has 27 heavy (non-hydrogen) atoms. The number of morpholine rings is 1. The number of hydrogen-bond acceptors (Lipinski definition) is 4. The maximum atomic E-state index is 12.6. The molecule has 2 N–H and O–H groups in total. The highest BCUT2D eigenvalue weighted by molar-refractivity contribution is 14.0. The molecule has 1 aliphatic rings. The summed E-state index contributed by atoms with van der Waals surface area (Å²) in [6, 6.07) is 2.89. The van der Waals surface area contributed by atoms with E-state index < -0.39 is 6.61 Å². The van der Waals surface area contributed by atoms with Crippen LogP contribution in [0.25, 0.3) is 0 Å². The van der Waals surface area contributed by atoms with Crippen LogP contribution in [0.4, 0.5) is 8.78 Å². The zero-order valence-electron chi connectivity index (χ0n) is 14.8. The molecule has 0 bridgehead atoms. The number of hydrogen-bond donors (Lipinski definition) is 2. The Morgan fingerprint density at radius 2 is 2.00 bits per heavy atom. The Morgan fingerprint density at radius 3 is 2.63 bits per heavy atom. The molecule has 154 valence electrons. The number of halogens is 5. The predicted octanol–water partition coefficient (Wildman–Crippen LogP) is 3.21. The Balaban J connectivity index is 0.00000364. The van der Waals surface area contributed by atoms with E-state index in [4.69, 9.17) is 27.9 Å². The van der Waals surface area contributed by atoms with Gasteiger partial charge < -0.3 is 20.1 Å². The Morgan fingerprint density at radius 1 is 1.30 bits per heavy atom. The number of guanidine groups is 1. The lowest BCUT2D eigenvalue weighted by Gasteiger charge is -2.26. The van der Waals surface area contributed by atoms with Gasteiger partial charge in [-0.15, -0.1) is 24.0 Å². The average molecular weight is 539 g/mol. The summed E-state index contributed by atoms with van der Waals surface area (Å²) in [5, 5.41) is 6.59. The lowest BCUT2D eigenvalue weighted by atomic mass is 10.2. The van der Waals surface area contributed by atoms with Crippen LogP contribution in [-0.2, 0) is 11.3 Å². The number of aliphatic imine (C=N–C) groups is 1. The molecule has 2 rings (SSSR count). The lowest BCUT2D eigenvalue weighted by Crippen LogP contribution is -2.44. The second kappa shape index (κ2) is 12.8. The smallest absolute Gasteiger partial charge is 0.387 e. The third kappa shape index (κ3) is 8.51. The summed E-state index contributed by atoms with van der Waals surface area (Å²) in [4.78, 5) is 6.40. The van der Waals surface area contributed by atoms with E-state index in [2.05, 4.69) is 25.3 Å². The highest BCUT2D eigenvalue weighted by Crippen LogP contribution is 2.33. The lowest BCUT2D eigenvalue weighted by molar-refractivity contribution is -0.0504. The first-order valence-electron chi connectivity index (χ1n) is 8.17. The summed E-state index contributed by atoms with van der Waals surface area (Å²) in [6.07, 6.45) is 0. The SMILES string of the molecule is CN=C(NCCN1CCOCC1)NCc1cc(Cl)cc(Cl)c1OC(F)F.I. The maximum absolute atomic E-state index is 12.6. The van der Waals surface area contributed by atoms with Gasteiger partial charge in [0.1, 0.15) is 5.75 Å². The molecule has 1 saturated heterocycles. The highest BCUT2D eigenvalue weighted by atomic mass is 127. The minimum Gasteiger partial charge on any atom is -0.433 e. The van der Waals surface area contributed by atoms with Gasteiger partial charge in [-0.05, 0) is 12.1 Å². The van der Waals surface area contributed by atoms with Crippen LogP contribution < -0.4 is 15.4 Å². The average Bonchev–Trinajstić information content (AvgIpc) is 2.61. The van der Waals surface area contributed by atoms with E-state index in [0.29, 0.717) is 23.1 Å². The van der Waals surface area contributed by atoms with Crippen molar-refractivity contribution in [3.8, 4) is 5.75 Å². The van der Waals surface area contributed by atoms with Gasteiger partial charge >= 0.3 is 6.61 Å². The number of benzene rings is 1. The summed E-state index contributed by atoms with van der Waals surface area (Å²) in [5.41, 5.74) is 0.416. The third-order valence-corrected chi connectivity index (χ3v) is 4.29. The molecule has 0 unspecified atom stereocenters. The molecule has 0 atom stereocenters. The van der Waals surface area contributed by atoms with Crippen molar-refractivity contribution in [1.29, 1.82) is 0 Å². The van der Waals surface area contributed by atoms with E-state index >= 15 is 0 Å². The largest absolute Gasteiger partial charge is 0.433 e. The van der Waals surface area contributed by atoms with Crippen LogP contribution in [0.2, 0.25) is 10.0 Å². The molecule has 1 aromatic rings. The monoisotopic (exact) mass is 538 g/mol. The van der Waals surface area contributed by atoms with Gasteiger partial charge in [0.15, 0.2) is 5.96 Å². The van der Waals surface area contributed by atoms with Crippen LogP contribution in [-0.4, -0.2) is 63.9 Å². The summed E-state index contributed by atoms with van der Waals surface area (Å²) in [7, 11) is 1.63. The summed E-state index contributed by atoms with van der Waals surface area (Å²) < 4.78 is 35.0. The molecule has 0 aliphatic carbocycles. The van der Waals surface area contributed by atoms with Crippen molar-refractivity contribution in [2.45, 2.75) is 13.2 Å². The van der Waals surface area contributed by atoms with E-state index in [9.17, 15) is 8.78 Å². The molecule has 6 nitrogen and oxygen atoms in total. The zero-order chi connectivity index (χ0) is 18.9. The number of alkyl halides is 2. The van der Waals surface area contributed by atoms with Crippen molar-refractivity contribution in [1.82, 2.24) is 15.5 Å². The van der Waals surface area contributed by atoms with Crippen molar-refractivity contribution in [2.24, 2.45) is 4.99 Å². The van der Waals surface area contributed by atoms with Gasteiger partial charge in [0.05, 0.1) is 18.2 Å². The van der Waals surface area contributed by atoms with E-state index in [1.165, 1.54) is 12.1 Å². The Bertz CT molecular complexity index is 620. The number of ether oxygens (including phenoxy) is 2. The molecule has 1 aromatic carbocycles. The van der Waals surface area contributed by atoms with E-state index in [1.807, 2.05) is 0 Å². The molecular weight excluding hydrogens is 516 g/mol. The van der Waals surface area contributed by atoms with Gasteiger partial charge in [-0.2, -0.15) is 8.78 Å². The van der Waals surface area contributed by atoms with Gasteiger partial charge in [0.2, 0.25) is 0 Å². The molecule has 1 fully saturated rings. The van der Waals surface area contributed by atoms with Crippen molar-refractivity contribution >= 4 is 53.1 Å². The molecule has 1 heterocycles. The Labute approximate surface area is 184 Å². The van der Waals surface area contributed by atoms with E-state index in [-0.39, 0.29) is 41.3 Å². The number of nitrogens with one attached hydrogen (secondary N) is 2. The summed E-state index contributed by atoms with van der Waals surface area (Å²) >= 11 is 11.9. The predicted molar refractivity (Wildman–Crippen MR) is 114 cm³/mol. The van der Waals surface area contributed by atoms with Crippen LogP contribution in [0.5, 0.6) is 5.75 Å². The maximum Gasteiger partial charge on any atom is 0.387 e. The van der Waals surface area contributed by atoms with E-state index in [0.717, 1.165) is 32.8 Å². The topological polar surface area (TPSA) is 58.1 Å². The minimum atomic E-state index is -2.97. The zero-order valence-corrected chi connectivity index (χ0v) is 18.7. The van der Waals surface area contributed by atoms with Gasteiger partial charge in [-0.1, -0.05) is 23.2 Å². The summed E-state index contributed by atoms with van der Waals surface area (Å²) in [5.74, 6) is 0.444. The normalized spacial score (nSPS) is 15.4. The molecule has 0 amide bonds. The quantitative estimate of drug-likeness (QED) is 0.317. The van der Waals surface area contributed by atoms with Gasteiger partial charge in [0, 0.05) is 50.4 Å². The van der Waals surface area contributed by atoms with Crippen molar-refractivity contribution in [3.63, 3.8) is 0 Å². The first-order valence-corrected chi connectivity index (χ1v) is 8.92. The van der Waals surface area contributed by atoms with Crippen LogP contribution in [0.1, 0.15) is 5.56 Å². The fourth-order valence-corrected chi connectivity index (χ4v) is 3.10. The van der Waals surface area contributed by atoms with Crippen molar-refractivity contribution < 1.29 is 18.3 Å². The van der Waals surface area contributed by atoms with Gasteiger partial charge in [-0.25, -0.2) is 0 Å². The van der Waals surface area contributed by atoms with Crippen molar-refractivity contribution in [3.05, 3.63) is 27.7 Å². The molecule has 1 aliphatic heterocycles. The Hall–Kier alpha value is -0.620. The molecule has 0 radical (unpaired) electrons. The highest BCUT2D eigenvalue weighted by Gasteiger charge is 2.16. The first kappa shape index (κ1) is 24.4. The molecule has 0 aromatic heterocycles. The van der Waals surface area contributed by atoms with Crippen LogP contribution in [0, 0.1) is 0 Å². The molecule has 11 heteroatoms. The van der Waals surface area contributed by atoms with Crippen LogP contribution >= 0.6 is 47.2 Å². The summed E-state index contributed by atoms with van der Waals surface area (Å²) in [6.45, 7) is 2.05. The fourth-order valence-electron chi connectivity index (χ4n) is 2.52. The number of nitrogens with zero attached hydrogens (tertiary/aromatic N) is 2. The van der Waals surface area contributed by atoms with Gasteiger partial charge in [0.25, 0.3) is 0 Å². The first-order chi connectivity index (χ1) is 12.5. The fraction of sp³-hybridized carbons (Fsp3) is 0.562. The molecular formula is C16H23Cl2F2IN4O2. The standard InChI is InChI=1S/C16H22Cl2F2N4O2.HI/c1-21-16(22-2-3-24-4-6-25-7-5-24)23-10-11-8-12(17)9-13(18)14(11)26-15(19)20;/h8-9,15H,2-7,10H2,1H3,(H2,21,22,23);1H. The third-order valence-electron chi connectivity index (χ3n) is 3.79. The minimum absolute atomic E-state index is 0. The Kier molecular flexibility index (Phi) is 11.5. The second-order valence-corrected chi connectivity index (χ2v) is 6.40. The molecule has 0 spiro atoms. The van der Waals surface area contributed by atoms with E-state index in [1.54, 1.807) is 7.05 Å². The molecule has 0 saturated carbocycles. The number of rotatable bonds is 7. The van der Waals surface area contributed by atoms with Gasteiger partial charge in [-0.3, -0.25) is 9.89 Å². The van der Waals surface area contributed by atoms with Crippen LogP contribution in [0.15, 0.2) is 17.1 Å². The van der Waals surface area contributed by atoms with Crippen LogP contribution in [0.3, 0.4) is 0 Å². The second-order valence-electron chi connectivity index (χ2n) is 5.56.